The molecule has 35 nitrogen and oxygen atoms in total. The molecule has 9 amide bonds. The van der Waals surface area contributed by atoms with E-state index in [-0.39, 0.29) is 83.5 Å². The van der Waals surface area contributed by atoms with Crippen LogP contribution in [-0.4, -0.2) is 211 Å². The third kappa shape index (κ3) is 30.4. The van der Waals surface area contributed by atoms with E-state index in [1.54, 1.807) is 0 Å². The van der Waals surface area contributed by atoms with Crippen molar-refractivity contribution in [1.82, 2.24) is 69.1 Å². The van der Waals surface area contributed by atoms with Crippen LogP contribution in [0.3, 0.4) is 0 Å². The molecule has 0 aliphatic heterocycles. The molecular weight excluding hydrogens is 1050 g/mol. The van der Waals surface area contributed by atoms with Crippen LogP contribution in [0.4, 0.5) is 0 Å². The molecule has 0 rings (SSSR count). The molecule has 0 radical (unpaired) electrons. The molecule has 0 aliphatic rings. The summed E-state index contributed by atoms with van der Waals surface area (Å²) in [5.41, 5.74) is 21.9. The Balaban J connectivity index is 6.93. The van der Waals surface area contributed by atoms with Gasteiger partial charge in [-0.15, -0.1) is 0 Å². The first-order chi connectivity index (χ1) is 37.2. The molecule has 0 spiro atoms. The Kier molecular flexibility index (Phi) is 35.2. The molecule has 0 aromatic heterocycles. The van der Waals surface area contributed by atoms with Crippen LogP contribution in [0.2, 0.25) is 0 Å². The highest BCUT2D eigenvalue weighted by Crippen LogP contribution is 2.10. The van der Waals surface area contributed by atoms with Gasteiger partial charge < -0.3 is 112 Å². The molecule has 9 atom stereocenters. The number of hydrogen-bond donors (Lipinski definition) is 24. The number of aliphatic carboxylic acids is 2. The summed E-state index contributed by atoms with van der Waals surface area (Å²) in [6.07, 6.45) is -1.90. The molecule has 28 N–H and O–H groups in total. The zero-order valence-corrected chi connectivity index (χ0v) is 44.5. The van der Waals surface area contributed by atoms with Gasteiger partial charge >= 0.3 is 11.9 Å². The average molecular weight is 1130 g/mol. The Morgan fingerprint density at radius 3 is 1.06 bits per heavy atom. The molecule has 0 bridgehead atoms. The number of rotatable bonds is 41. The topological polar surface area (TPSA) is 601 Å². The molecular formula is C44H82N20O15. The summed E-state index contributed by atoms with van der Waals surface area (Å²) >= 11 is 0. The van der Waals surface area contributed by atoms with Gasteiger partial charge in [-0.2, -0.15) is 0 Å². The van der Waals surface area contributed by atoms with Crippen molar-refractivity contribution in [3.05, 3.63) is 0 Å². The largest absolute Gasteiger partial charge is 0.481 e. The van der Waals surface area contributed by atoms with Crippen molar-refractivity contribution in [3.63, 3.8) is 0 Å². The van der Waals surface area contributed by atoms with Crippen LogP contribution in [0.25, 0.3) is 0 Å². The highest BCUT2D eigenvalue weighted by Gasteiger charge is 2.35. The normalized spacial score (nSPS) is 14.2. The number of aliphatic hydroxyl groups excluding tert-OH is 2. The third-order valence-electron chi connectivity index (χ3n) is 11.4. The predicted octanol–water partition coefficient (Wildman–Crippen LogP) is -9.54. The van der Waals surface area contributed by atoms with E-state index in [0.29, 0.717) is 6.42 Å². The van der Waals surface area contributed by atoms with Crippen LogP contribution in [0, 0.1) is 16.2 Å². The summed E-state index contributed by atoms with van der Waals surface area (Å²) in [5.74, 6) is -12.9. The number of likely N-dealkylation sites (N-methyl/N-ethyl adjacent to an activating group) is 2. The number of carbonyl (C=O) groups excluding carboxylic acids is 9. The maximum absolute atomic E-state index is 14.3. The number of amides is 9. The van der Waals surface area contributed by atoms with E-state index < -0.39 is 164 Å². The zero-order valence-electron chi connectivity index (χ0n) is 44.5. The molecule has 0 saturated heterocycles. The molecule has 0 aromatic rings. The van der Waals surface area contributed by atoms with Gasteiger partial charge in [0.1, 0.15) is 54.4 Å². The molecule has 0 fully saturated rings. The highest BCUT2D eigenvalue weighted by molar-refractivity contribution is 5.98. The number of guanidine groups is 3. The number of aliphatic hydroxyl groups is 2. The predicted molar refractivity (Wildman–Crippen MR) is 282 cm³/mol. The highest BCUT2D eigenvalue weighted by atomic mass is 16.4. The van der Waals surface area contributed by atoms with E-state index in [0.717, 1.165) is 0 Å². The fraction of sp³-hybridized carbons (Fsp3) is 0.682. The quantitative estimate of drug-likeness (QED) is 0.0154. The van der Waals surface area contributed by atoms with Crippen LogP contribution < -0.4 is 92.1 Å². The van der Waals surface area contributed by atoms with E-state index in [1.807, 2.05) is 0 Å². The lowest BCUT2D eigenvalue weighted by atomic mass is 10.0. The molecule has 0 aliphatic carbocycles. The minimum absolute atomic E-state index is 0.00269. The van der Waals surface area contributed by atoms with E-state index in [1.165, 1.54) is 21.0 Å². The second-order valence-corrected chi connectivity index (χ2v) is 17.7. The Morgan fingerprint density at radius 1 is 0.418 bits per heavy atom. The lowest BCUT2D eigenvalue weighted by Crippen LogP contribution is -2.60. The first kappa shape index (κ1) is 70.8. The van der Waals surface area contributed by atoms with Gasteiger partial charge in [0.2, 0.25) is 53.2 Å². The van der Waals surface area contributed by atoms with Crippen LogP contribution in [0.15, 0.2) is 0 Å². The second-order valence-electron chi connectivity index (χ2n) is 17.7. The third-order valence-corrected chi connectivity index (χ3v) is 11.4. The first-order valence-electron chi connectivity index (χ1n) is 25.2. The fourth-order valence-electron chi connectivity index (χ4n) is 7.06. The van der Waals surface area contributed by atoms with Crippen molar-refractivity contribution in [2.24, 2.45) is 22.9 Å². The Labute approximate surface area is 455 Å². The van der Waals surface area contributed by atoms with Gasteiger partial charge in [0, 0.05) is 33.1 Å². The molecule has 0 unspecified atom stereocenters. The maximum Gasteiger partial charge on any atom is 0.305 e. The number of carbonyl (C=O) groups is 11. The Bertz CT molecular complexity index is 2080. The molecule has 0 aromatic carbocycles. The number of hydrogen-bond acceptors (Lipinski definition) is 18. The van der Waals surface area contributed by atoms with Gasteiger partial charge in [0.25, 0.3) is 0 Å². The minimum atomic E-state index is -1.78. The fourth-order valence-corrected chi connectivity index (χ4v) is 7.06. The summed E-state index contributed by atoms with van der Waals surface area (Å²) in [4.78, 5) is 145. The van der Waals surface area contributed by atoms with Gasteiger partial charge in [-0.1, -0.05) is 0 Å². The SMILES string of the molecule is CNC(=O)[C@H](CC(=O)O)NC(=O)[C@H](C)NC(=O)[C@H](CO)NC(=O)[C@H](CCCNC(=N)N)NC(=O)[C@H](CCCNC(=N)N)NC(=O)[C@H](CCCCN)NC(=O)[C@H](CCC(=O)O)NC(=O)[C@H](CCCNC(=N)N)NC(=O)[C@@H](CO)NC. The second kappa shape index (κ2) is 39.2. The first-order valence-corrected chi connectivity index (χ1v) is 25.2. The van der Waals surface area contributed by atoms with Crippen LogP contribution in [0.1, 0.15) is 84.0 Å². The monoisotopic (exact) mass is 1130 g/mol. The van der Waals surface area contributed by atoms with Crippen LogP contribution >= 0.6 is 0 Å². The van der Waals surface area contributed by atoms with E-state index in [2.05, 4.69) is 69.1 Å². The molecule has 448 valence electrons. The van der Waals surface area contributed by atoms with E-state index in [4.69, 9.17) is 44.3 Å². The summed E-state index contributed by atoms with van der Waals surface area (Å²) in [5, 5.41) is 92.5. The number of carboxylic acid groups (broad SMARTS) is 2. The van der Waals surface area contributed by atoms with Gasteiger partial charge in [-0.3, -0.25) is 69.0 Å². The van der Waals surface area contributed by atoms with Crippen molar-refractivity contribution >= 4 is 83.0 Å². The Hall–Kier alpha value is -8.18. The molecule has 0 heterocycles. The van der Waals surface area contributed by atoms with Crippen molar-refractivity contribution in [3.8, 4) is 0 Å². The summed E-state index contributed by atoms with van der Waals surface area (Å²) in [6, 6.07) is -13.5. The van der Waals surface area contributed by atoms with Crippen molar-refractivity contribution in [2.75, 3.05) is 53.5 Å². The van der Waals surface area contributed by atoms with Gasteiger partial charge in [-0.05, 0) is 84.7 Å². The number of nitrogens with two attached hydrogens (primary N) is 4. The molecule has 35 heteroatoms. The van der Waals surface area contributed by atoms with Crippen LogP contribution in [-0.2, 0) is 52.7 Å². The number of unbranched alkanes of at least 4 members (excludes halogenated alkanes) is 1. The van der Waals surface area contributed by atoms with Crippen molar-refractivity contribution < 1.29 is 73.2 Å². The van der Waals surface area contributed by atoms with E-state index >= 15 is 0 Å². The molecule has 0 saturated carbocycles. The standard InChI is InChI=1S/C44H82N20O15/c1-22(33(71)63-28(19-32(69)70)34(72)53-3)57-41(79)30(21-66)64-38(76)26(12-8-18-56-44(50)51)60-36(74)24(10-6-16-54-42(46)47)59-35(73)23(9-4-5-15-45)58-39(77)27(13-14-31(67)68)62-37(75)25(11-7-17-55-43(48)49)61-40(78)29(20-65)52-2/h22-30,52,65-66H,4-21,45H2,1-3H3,(H,53,72)(H,57,79)(H,58,77)(H,59,73)(H,60,74)(H,61,78)(H,62,75)(H,63,71)(H,64,76)(H,67,68)(H,69,70)(H4,46,47,54)(H4,48,49,55)(H4,50,51,56)/t22-,23-,24-,25-,26-,27-,28-,29+,30-/m0/s1. The average Bonchev–Trinajstić information content (AvgIpc) is 3.38. The minimum Gasteiger partial charge on any atom is -0.481 e. The lowest BCUT2D eigenvalue weighted by molar-refractivity contribution is -0.141. The zero-order chi connectivity index (χ0) is 60.2. The van der Waals surface area contributed by atoms with Gasteiger partial charge in [0.15, 0.2) is 17.9 Å². The van der Waals surface area contributed by atoms with Crippen molar-refractivity contribution in [1.29, 1.82) is 16.2 Å². The van der Waals surface area contributed by atoms with Gasteiger partial charge in [0.05, 0.1) is 19.6 Å². The summed E-state index contributed by atoms with van der Waals surface area (Å²) in [7, 11) is 2.58. The smallest absolute Gasteiger partial charge is 0.305 e. The number of carboxylic acids is 2. The summed E-state index contributed by atoms with van der Waals surface area (Å²) < 4.78 is 0. The van der Waals surface area contributed by atoms with Gasteiger partial charge in [-0.25, -0.2) is 0 Å². The van der Waals surface area contributed by atoms with E-state index in [9.17, 15) is 68.1 Å². The van der Waals surface area contributed by atoms with Crippen LogP contribution in [0.5, 0.6) is 0 Å². The Morgan fingerprint density at radius 2 is 0.747 bits per heavy atom. The maximum atomic E-state index is 14.3. The molecule has 79 heavy (non-hydrogen) atoms. The summed E-state index contributed by atoms with van der Waals surface area (Å²) in [6.45, 7) is -0.320. The van der Waals surface area contributed by atoms with Crippen molar-refractivity contribution in [2.45, 2.75) is 138 Å². The number of nitrogens with one attached hydrogen (secondary N) is 16. The lowest BCUT2D eigenvalue weighted by Gasteiger charge is -2.28.